The summed E-state index contributed by atoms with van der Waals surface area (Å²) in [7, 11) is -27.8. The maximum Gasteiger partial charge on any atom is 0.397 e. The van der Waals surface area contributed by atoms with Crippen molar-refractivity contribution < 1.29 is 204 Å². The second kappa shape index (κ2) is 31.3. The predicted molar refractivity (Wildman–Crippen MR) is 266 cm³/mol. The van der Waals surface area contributed by atoms with E-state index in [-0.39, 0.29) is 0 Å². The highest BCUT2D eigenvalue weighted by molar-refractivity contribution is 7.82. The Bertz CT molecular complexity index is 3050. The first-order valence-corrected chi connectivity index (χ1v) is 32.5. The van der Waals surface area contributed by atoms with Crippen LogP contribution < -0.4 is 5.73 Å². The zero-order chi connectivity index (χ0) is 67.3. The Balaban J connectivity index is 1.59. The van der Waals surface area contributed by atoms with E-state index in [0.29, 0.717) is 0 Å². The standard InChI is InChI=1S/C37H63NO45S6/c1-62-16-11(8-69-84(44,45)46)72-33(14(38)15(16)39)77-22-20(64-3)27(66-5)36(79-25(22)31(40)41)76-18-13(10-71-86(50,51)52)74-37(30(83-89(59,60)61)24(18)81-87(53,54)55)78-23-21(65-4)28(67-6)35(80-26(23)32(42)43)75-17-12(9-70-85(47,48)49)73-34(68-7)29(19(17)63-2)82-88(56,57)58/h11-30,33-37,39H,8-10,38H2,1-7H3,(H,40,41)(H,42,43)(H,44,45,46)(H,47,48,49)(H,50,51,52)(H,53,54,55)(H,56,57,58)(H,59,60,61)/t11-,12-,13-,14-,15-,16-,17-,18-,19+,20+,21+,22+,23+,24+,25+,26+,27-,28-,29-,30-,33-,34+,35+,36+,37-/m1/s1. The lowest BCUT2D eigenvalue weighted by molar-refractivity contribution is -0.386. The summed E-state index contributed by atoms with van der Waals surface area (Å²) in [4.78, 5) is 26.4. The lowest BCUT2D eigenvalue weighted by Gasteiger charge is -2.51. The molecular weight excluding hydrogens is 1370 g/mol. The van der Waals surface area contributed by atoms with Gasteiger partial charge in [0.2, 0.25) is 0 Å². The van der Waals surface area contributed by atoms with Crippen LogP contribution in [0.5, 0.6) is 0 Å². The molecule has 0 saturated carbocycles. The molecule has 5 rings (SSSR count). The number of carboxylic acid groups (broad SMARTS) is 2. The van der Waals surface area contributed by atoms with Crippen molar-refractivity contribution in [1.29, 1.82) is 0 Å². The molecule has 5 aliphatic rings. The average molecular weight is 1430 g/mol. The number of aliphatic hydroxyl groups excluding tert-OH is 1. The van der Waals surface area contributed by atoms with Gasteiger partial charge in [0.25, 0.3) is 0 Å². The first-order valence-electron chi connectivity index (χ1n) is 24.3. The van der Waals surface area contributed by atoms with E-state index in [9.17, 15) is 103 Å². The van der Waals surface area contributed by atoms with Crippen LogP contribution >= 0.6 is 0 Å². The molecule has 46 nitrogen and oxygen atoms in total. The fourth-order valence-electron chi connectivity index (χ4n) is 9.79. The van der Waals surface area contributed by atoms with E-state index in [1.165, 1.54) is 0 Å². The number of hydrogen-bond donors (Lipinski definition) is 10. The lowest BCUT2D eigenvalue weighted by Crippen LogP contribution is -2.70. The van der Waals surface area contributed by atoms with E-state index in [1.54, 1.807) is 0 Å². The van der Waals surface area contributed by atoms with Gasteiger partial charge in [0.15, 0.2) is 55.9 Å². The third-order valence-electron chi connectivity index (χ3n) is 13.3. The summed E-state index contributed by atoms with van der Waals surface area (Å²) >= 11 is 0. The first kappa shape index (κ1) is 77.1. The molecular formula is C37H63NO45S6. The molecule has 0 spiro atoms. The van der Waals surface area contributed by atoms with E-state index in [2.05, 4.69) is 16.7 Å². The Kier molecular flexibility index (Phi) is 27.2. The van der Waals surface area contributed by atoms with Crippen LogP contribution in [0.3, 0.4) is 0 Å². The van der Waals surface area contributed by atoms with Crippen LogP contribution in [-0.4, -0.2) is 328 Å². The average Bonchev–Trinajstić information content (AvgIpc) is 0.796. The molecule has 0 aromatic rings. The van der Waals surface area contributed by atoms with Crippen LogP contribution in [0.25, 0.3) is 0 Å². The molecule has 0 unspecified atom stereocenters. The Morgan fingerprint density at radius 1 is 0.348 bits per heavy atom. The van der Waals surface area contributed by atoms with Crippen molar-refractivity contribution in [1.82, 2.24) is 0 Å². The van der Waals surface area contributed by atoms with Crippen LogP contribution in [0.2, 0.25) is 0 Å². The van der Waals surface area contributed by atoms with Gasteiger partial charge >= 0.3 is 74.3 Å². The molecule has 5 fully saturated rings. The quantitative estimate of drug-likeness (QED) is 0.0280. The smallest absolute Gasteiger partial charge is 0.397 e. The van der Waals surface area contributed by atoms with E-state index in [0.717, 1.165) is 49.8 Å². The highest BCUT2D eigenvalue weighted by Gasteiger charge is 2.62. The maximum atomic E-state index is 13.3. The van der Waals surface area contributed by atoms with Crippen LogP contribution in [-0.2, 0) is 173 Å². The van der Waals surface area contributed by atoms with E-state index >= 15 is 0 Å². The monoisotopic (exact) mass is 1430 g/mol. The number of methoxy groups -OCH3 is 7. The topological polar surface area (TPSA) is 650 Å². The third-order valence-corrected chi connectivity index (χ3v) is 15.9. The van der Waals surface area contributed by atoms with Crippen molar-refractivity contribution in [3.05, 3.63) is 0 Å². The summed E-state index contributed by atoms with van der Waals surface area (Å²) in [5.41, 5.74) is 6.15. The molecule has 0 aromatic heterocycles. The summed E-state index contributed by atoms with van der Waals surface area (Å²) in [6, 6.07) is -1.73. The minimum Gasteiger partial charge on any atom is -0.479 e. The van der Waals surface area contributed by atoms with Gasteiger partial charge < -0.3 is 96.8 Å². The fraction of sp³-hybridized carbons (Fsp3) is 0.946. The third kappa shape index (κ3) is 21.0. The number of carboxylic acids is 2. The van der Waals surface area contributed by atoms with Crippen molar-refractivity contribution in [2.75, 3.05) is 69.6 Å². The molecule has 5 heterocycles. The van der Waals surface area contributed by atoms with Gasteiger partial charge in [-0.1, -0.05) is 0 Å². The first-order chi connectivity index (χ1) is 41.0. The van der Waals surface area contributed by atoms with Crippen LogP contribution in [0.1, 0.15) is 0 Å². The molecule has 0 aliphatic carbocycles. The molecule has 0 radical (unpaired) electrons. The molecule has 11 N–H and O–H groups in total. The molecule has 25 atom stereocenters. The number of rotatable bonds is 32. The largest absolute Gasteiger partial charge is 0.479 e. The van der Waals surface area contributed by atoms with Gasteiger partial charge in [0, 0.05) is 49.8 Å². The molecule has 5 saturated heterocycles. The zero-order valence-electron chi connectivity index (χ0n) is 46.3. The predicted octanol–water partition coefficient (Wildman–Crippen LogP) is -8.23. The van der Waals surface area contributed by atoms with E-state index in [4.69, 9.17) is 89.9 Å². The maximum absolute atomic E-state index is 13.3. The molecule has 0 amide bonds. The van der Waals surface area contributed by atoms with Gasteiger partial charge in [-0.2, -0.15) is 50.5 Å². The molecule has 5 aliphatic heterocycles. The van der Waals surface area contributed by atoms with E-state index in [1.807, 2.05) is 0 Å². The minimum atomic E-state index is -6.14. The summed E-state index contributed by atoms with van der Waals surface area (Å²) in [5, 5.41) is 32.3. The van der Waals surface area contributed by atoms with Gasteiger partial charge in [-0.25, -0.2) is 34.7 Å². The Labute approximate surface area is 504 Å². The van der Waals surface area contributed by atoms with Crippen molar-refractivity contribution in [2.24, 2.45) is 5.73 Å². The SMILES string of the molecule is CO[C@H]1O[C@H](COS(=O)(=O)O)[C@@H](O[C@H]2O[C@H](C(=O)O)[C@@H](O[C@H]3O[C@H](COS(=O)(=O)O)[C@@H](O[C@H]4O[C@H](C(=O)O)[C@@H](O[C@H]5O[C@H](COS(=O)(=O)O)[C@@H](OC)[C@H](O)[C@H]5N)[C@H](OC)[C@H]4OC)[C@H](OS(=O)(=O)O)[C@H]3OS(=O)(=O)O)[C@H](OC)[C@H]2OC)[C@H](OC)[C@H]1OS(=O)(=O)O. The summed E-state index contributed by atoms with van der Waals surface area (Å²) in [5.74, 6) is -4.16. The molecule has 0 aromatic carbocycles. The van der Waals surface area contributed by atoms with Crippen LogP contribution in [0.15, 0.2) is 0 Å². The van der Waals surface area contributed by atoms with Gasteiger partial charge in [-0.05, 0) is 0 Å². The van der Waals surface area contributed by atoms with Gasteiger partial charge in [0.1, 0.15) is 91.6 Å². The second-order valence-corrected chi connectivity index (χ2v) is 25.1. The number of ether oxygens (including phenoxy) is 16. The summed E-state index contributed by atoms with van der Waals surface area (Å²) in [6.45, 7) is -4.06. The van der Waals surface area contributed by atoms with Crippen molar-refractivity contribution in [3.8, 4) is 0 Å². The highest BCUT2D eigenvalue weighted by Crippen LogP contribution is 2.40. The van der Waals surface area contributed by atoms with Crippen LogP contribution in [0.4, 0.5) is 0 Å². The number of nitrogens with two attached hydrogens (primary N) is 1. The highest BCUT2D eigenvalue weighted by atomic mass is 32.3. The number of aliphatic hydroxyl groups is 1. The second-order valence-electron chi connectivity index (χ2n) is 18.7. The fourth-order valence-corrected chi connectivity index (χ4v) is 12.2. The van der Waals surface area contributed by atoms with Crippen molar-refractivity contribution in [3.63, 3.8) is 0 Å². The Morgan fingerprint density at radius 3 is 0.966 bits per heavy atom. The Hall–Kier alpha value is -2.56. The molecule has 0 bridgehead atoms. The lowest BCUT2D eigenvalue weighted by atomic mass is 9.94. The van der Waals surface area contributed by atoms with E-state index < -0.39 is 248 Å². The van der Waals surface area contributed by atoms with Crippen LogP contribution in [0, 0.1) is 0 Å². The molecule has 522 valence electrons. The summed E-state index contributed by atoms with van der Waals surface area (Å²) < 4.78 is 321. The van der Waals surface area contributed by atoms with Gasteiger partial charge in [-0.3, -0.25) is 27.3 Å². The number of hydrogen-bond acceptors (Lipinski definition) is 38. The summed E-state index contributed by atoms with van der Waals surface area (Å²) in [6.07, 6.45) is -54.1. The Morgan fingerprint density at radius 2 is 0.629 bits per heavy atom. The number of carbonyl (C=O) groups is 2. The van der Waals surface area contributed by atoms with Gasteiger partial charge in [0.05, 0.1) is 25.9 Å². The number of aliphatic carboxylic acids is 2. The van der Waals surface area contributed by atoms with Crippen molar-refractivity contribution in [2.45, 2.75) is 153 Å². The molecule has 52 heteroatoms. The van der Waals surface area contributed by atoms with Gasteiger partial charge in [-0.15, -0.1) is 0 Å². The van der Waals surface area contributed by atoms with Crippen molar-refractivity contribution >= 4 is 74.3 Å². The zero-order valence-corrected chi connectivity index (χ0v) is 51.2. The molecule has 89 heavy (non-hydrogen) atoms. The normalized spacial score (nSPS) is 38.9. The minimum absolute atomic E-state index is 0.808.